The fraction of sp³-hybridized carbons (Fsp3) is 0.500. The average Bonchev–Trinajstić information content (AvgIpc) is 3.72. The van der Waals surface area contributed by atoms with E-state index in [9.17, 15) is 28.7 Å². The summed E-state index contributed by atoms with van der Waals surface area (Å²) in [6, 6.07) is 0. The number of aromatic nitrogens is 8. The molecule has 3 aliphatic heterocycles. The Morgan fingerprint density at radius 2 is 1.43 bits per heavy atom. The number of aliphatic hydroxyl groups excluding tert-OH is 1. The highest BCUT2D eigenvalue weighted by Crippen LogP contribution is 2.58. The first-order chi connectivity index (χ1) is 21.7. The summed E-state index contributed by atoms with van der Waals surface area (Å²) in [4.78, 5) is 55.5. The number of aromatic amines is 2. The molecular formula is C20H23FN10O12P2S. The smallest absolute Gasteiger partial charge is 0.387 e. The molecule has 0 saturated carbocycles. The molecule has 10 atom stereocenters. The molecule has 46 heavy (non-hydrogen) atoms. The molecule has 0 spiro atoms. The minimum atomic E-state index is -5.15. The van der Waals surface area contributed by atoms with Crippen LogP contribution in [0.3, 0.4) is 0 Å². The number of rotatable bonds is 2. The van der Waals surface area contributed by atoms with E-state index in [1.807, 2.05) is 0 Å². The topological polar surface area (TPSA) is 309 Å². The number of H-pyrrole nitrogens is 2. The van der Waals surface area contributed by atoms with Crippen molar-refractivity contribution in [3.8, 4) is 0 Å². The van der Waals surface area contributed by atoms with Crippen LogP contribution in [0.25, 0.3) is 22.3 Å². The molecule has 0 aromatic carbocycles. The minimum absolute atomic E-state index is 0.103. The van der Waals surface area contributed by atoms with Gasteiger partial charge in [-0.3, -0.25) is 46.8 Å². The van der Waals surface area contributed by atoms with Crippen LogP contribution in [0, 0.1) is 0 Å². The molecule has 7 heterocycles. The number of nitrogens with one attached hydrogen (secondary N) is 2. The van der Waals surface area contributed by atoms with Crippen LogP contribution in [-0.2, 0) is 36.7 Å². The molecule has 3 fully saturated rings. The normalized spacial score (nSPS) is 37.1. The van der Waals surface area contributed by atoms with Crippen molar-refractivity contribution in [2.75, 3.05) is 24.7 Å². The van der Waals surface area contributed by atoms with Gasteiger partial charge in [0.2, 0.25) is 11.9 Å². The number of alkyl halides is 1. The van der Waals surface area contributed by atoms with Gasteiger partial charge in [-0.05, 0) is 0 Å². The van der Waals surface area contributed by atoms with Gasteiger partial charge < -0.3 is 30.9 Å². The fourth-order valence-corrected chi connectivity index (χ4v) is 7.75. The van der Waals surface area contributed by atoms with E-state index < -0.39 is 88.1 Å². The van der Waals surface area contributed by atoms with Gasteiger partial charge in [0.05, 0.1) is 25.9 Å². The number of phosphoric ester groups is 1. The number of hydrogen-bond donors (Lipinski definition) is 7. The molecule has 4 aromatic rings. The third kappa shape index (κ3) is 5.44. The van der Waals surface area contributed by atoms with Crippen LogP contribution in [0.4, 0.5) is 16.3 Å². The van der Waals surface area contributed by atoms with Crippen LogP contribution in [-0.4, -0.2) is 98.9 Å². The van der Waals surface area contributed by atoms with Gasteiger partial charge >= 0.3 is 14.6 Å². The molecule has 6 unspecified atom stereocenters. The van der Waals surface area contributed by atoms with Gasteiger partial charge in [0.25, 0.3) is 11.1 Å². The summed E-state index contributed by atoms with van der Waals surface area (Å²) in [6.07, 6.45) is -11.4. The lowest BCUT2D eigenvalue weighted by atomic mass is 10.1. The van der Waals surface area contributed by atoms with Crippen molar-refractivity contribution in [2.24, 2.45) is 0 Å². The molecule has 0 amide bonds. The Morgan fingerprint density at radius 3 is 2.04 bits per heavy atom. The van der Waals surface area contributed by atoms with Gasteiger partial charge in [-0.15, -0.1) is 0 Å². The highest BCUT2D eigenvalue weighted by Gasteiger charge is 2.54. The summed E-state index contributed by atoms with van der Waals surface area (Å²) >= 11 is 3.99. The first-order valence-corrected chi connectivity index (χ1v) is 17.3. The average molecular weight is 708 g/mol. The van der Waals surface area contributed by atoms with E-state index >= 15 is 4.39 Å². The van der Waals surface area contributed by atoms with Crippen molar-refractivity contribution in [3.05, 3.63) is 33.4 Å². The van der Waals surface area contributed by atoms with Crippen molar-refractivity contribution in [3.63, 3.8) is 0 Å². The van der Waals surface area contributed by atoms with Gasteiger partial charge in [-0.25, -0.2) is 23.5 Å². The Labute approximate surface area is 258 Å². The number of aliphatic hydroxyl groups is 1. The maximum Gasteiger partial charge on any atom is 0.472 e. The van der Waals surface area contributed by atoms with Crippen molar-refractivity contribution >= 4 is 61.1 Å². The number of anilines is 2. The lowest BCUT2D eigenvalue weighted by Gasteiger charge is -2.26. The Kier molecular flexibility index (Phi) is 7.60. The zero-order chi connectivity index (χ0) is 32.7. The largest absolute Gasteiger partial charge is 0.472 e. The zero-order valence-electron chi connectivity index (χ0n) is 22.7. The van der Waals surface area contributed by atoms with E-state index in [1.54, 1.807) is 0 Å². The Balaban J connectivity index is 1.21. The molecule has 2 bridgehead atoms. The van der Waals surface area contributed by atoms with E-state index in [4.69, 9.17) is 39.0 Å². The number of halogens is 1. The zero-order valence-corrected chi connectivity index (χ0v) is 25.4. The molecule has 26 heteroatoms. The SMILES string of the molecule is Nc1nc2c(ncn2[C@@H]2O[C@@H]3COP(=O)(S)OC4C(O)[C@@H](COP(=O)(O)OC3C2F)O[C@H]4n2cnc3c(=O)[nH]c(N)nc32)c(=O)[nH]1. The van der Waals surface area contributed by atoms with E-state index in [-0.39, 0.29) is 34.2 Å². The van der Waals surface area contributed by atoms with Gasteiger partial charge in [0, 0.05) is 0 Å². The van der Waals surface area contributed by atoms with Crippen LogP contribution >= 0.6 is 26.9 Å². The predicted molar refractivity (Wildman–Crippen MR) is 152 cm³/mol. The third-order valence-corrected chi connectivity index (χ3v) is 9.94. The summed E-state index contributed by atoms with van der Waals surface area (Å²) in [6.45, 7) is -6.14. The number of imidazole rings is 2. The maximum atomic E-state index is 15.9. The number of hydrogen-bond acceptors (Lipinski definition) is 17. The Bertz CT molecular complexity index is 2060. The summed E-state index contributed by atoms with van der Waals surface area (Å²) in [7, 11) is -5.15. The number of ether oxygens (including phenoxy) is 2. The number of fused-ring (bicyclic) bond motifs is 5. The standard InChI is InChI=1S/C20H23FN10O12P2S/c21-7-11-6(41-17(7)30-3-24-8-13(30)26-19(22)28-15(8)33)2-39-45(37,46)43-12-10(32)5(1-38-44(35,36)42-11)40-18(12)31-4-25-9-14(31)27-20(23)29-16(9)34/h3-7,10-12,17-18,32H,1-2H2,(H,35,36)(H,37,46)(H3,22,26,28,33)(H3,23,27,29,34)/t5-,6-,7?,10?,11?,12?,17-,18-,45?/m1/s1. The second-order valence-corrected chi connectivity index (χ2v) is 14.6. The van der Waals surface area contributed by atoms with Crippen molar-refractivity contribution < 1.29 is 51.1 Å². The van der Waals surface area contributed by atoms with Gasteiger partial charge in [0.1, 0.15) is 30.5 Å². The van der Waals surface area contributed by atoms with Crippen LogP contribution in [0.15, 0.2) is 22.2 Å². The lowest BCUT2D eigenvalue weighted by molar-refractivity contribution is -0.0619. The number of nitrogens with two attached hydrogens (primary N) is 2. The van der Waals surface area contributed by atoms with Crippen LogP contribution in [0.5, 0.6) is 0 Å². The summed E-state index contributed by atoms with van der Waals surface area (Å²) in [5.74, 6) is -0.576. The molecule has 3 saturated heterocycles. The first kappa shape index (κ1) is 31.3. The number of thiol groups is 1. The van der Waals surface area contributed by atoms with Crippen molar-refractivity contribution in [1.82, 2.24) is 39.0 Å². The molecule has 22 nitrogen and oxygen atoms in total. The molecule has 7 rings (SSSR count). The van der Waals surface area contributed by atoms with Crippen molar-refractivity contribution in [1.29, 1.82) is 0 Å². The van der Waals surface area contributed by atoms with Crippen molar-refractivity contribution in [2.45, 2.75) is 49.1 Å². The van der Waals surface area contributed by atoms with E-state index in [0.717, 1.165) is 21.8 Å². The molecule has 3 aliphatic rings. The quantitative estimate of drug-likeness (QED) is 0.0956. The highest BCUT2D eigenvalue weighted by atomic mass is 32.7. The van der Waals surface area contributed by atoms with Crippen LogP contribution < -0.4 is 22.6 Å². The van der Waals surface area contributed by atoms with E-state index in [0.29, 0.717) is 0 Å². The molecule has 248 valence electrons. The van der Waals surface area contributed by atoms with Gasteiger partial charge in [-0.2, -0.15) is 9.97 Å². The third-order valence-electron chi connectivity index (χ3n) is 7.34. The highest BCUT2D eigenvalue weighted by molar-refractivity contribution is 8.44. The number of phosphoric acid groups is 1. The Morgan fingerprint density at radius 1 is 0.891 bits per heavy atom. The van der Waals surface area contributed by atoms with E-state index in [1.165, 1.54) is 0 Å². The second kappa shape index (κ2) is 11.2. The maximum absolute atomic E-state index is 15.9. The lowest BCUT2D eigenvalue weighted by Crippen LogP contribution is -2.35. The number of nitrogen functional groups attached to an aromatic ring is 2. The molecule has 0 aliphatic carbocycles. The van der Waals surface area contributed by atoms with Gasteiger partial charge in [-0.1, -0.05) is 12.2 Å². The molecule has 0 radical (unpaired) electrons. The Hall–Kier alpha value is -3.28. The monoisotopic (exact) mass is 708 g/mol. The second-order valence-electron chi connectivity index (χ2n) is 10.3. The van der Waals surface area contributed by atoms with Crippen LogP contribution in [0.1, 0.15) is 12.5 Å². The summed E-state index contributed by atoms with van der Waals surface area (Å²) in [5.41, 5.74) is 9.24. The summed E-state index contributed by atoms with van der Waals surface area (Å²) < 4.78 is 77.4. The molecular weight excluding hydrogens is 685 g/mol. The minimum Gasteiger partial charge on any atom is -0.387 e. The molecule has 8 N–H and O–H groups in total. The van der Waals surface area contributed by atoms with Gasteiger partial charge in [0.15, 0.2) is 41.0 Å². The summed E-state index contributed by atoms with van der Waals surface area (Å²) in [5, 5.41) is 11.1. The number of nitrogens with zero attached hydrogens (tertiary/aromatic N) is 6. The first-order valence-electron chi connectivity index (χ1n) is 13.1. The fourth-order valence-electron chi connectivity index (χ4n) is 5.33. The predicted octanol–water partition coefficient (Wildman–Crippen LogP) is -1.13. The molecule has 4 aromatic heterocycles. The van der Waals surface area contributed by atoms with E-state index in [2.05, 4.69) is 42.2 Å². The van der Waals surface area contributed by atoms with Crippen LogP contribution in [0.2, 0.25) is 0 Å².